The van der Waals surface area contributed by atoms with Gasteiger partial charge >= 0.3 is 20.4 Å². The van der Waals surface area contributed by atoms with E-state index < -0.39 is 26.4 Å². The minimum atomic E-state index is -5.03. The van der Waals surface area contributed by atoms with Crippen molar-refractivity contribution in [1.82, 2.24) is 0 Å². The number of unbranched alkanes of at least 4 members (excludes halogenated alkanes) is 1. The van der Waals surface area contributed by atoms with Crippen molar-refractivity contribution in [3.05, 3.63) is 0 Å². The first-order valence-electron chi connectivity index (χ1n) is 4.05. The van der Waals surface area contributed by atoms with Gasteiger partial charge in [0.05, 0.1) is 0 Å². The maximum atomic E-state index is 10.7. The van der Waals surface area contributed by atoms with Gasteiger partial charge in [0.25, 0.3) is 0 Å². The number of carboxylic acids is 1. The molecule has 0 unspecified atom stereocenters. The second-order valence-electron chi connectivity index (χ2n) is 2.75. The molecule has 4 N–H and O–H groups in total. The Labute approximate surface area is 83.6 Å². The zero-order valence-electron chi connectivity index (χ0n) is 7.42. The van der Waals surface area contributed by atoms with Gasteiger partial charge in [-0.15, -0.1) is 0 Å². The van der Waals surface area contributed by atoms with Crippen molar-refractivity contribution in [2.75, 3.05) is 0 Å². The van der Waals surface area contributed by atoms with Crippen LogP contribution in [0, 0.1) is 0 Å². The topological polar surface area (TPSA) is 124 Å². The number of carboxylic acid groups (broad SMARTS) is 1. The number of hydrogen-bond acceptors (Lipinski definition) is 6. The van der Waals surface area contributed by atoms with Crippen LogP contribution in [0.2, 0.25) is 0 Å². The molecule has 0 amide bonds. The van der Waals surface area contributed by atoms with Crippen LogP contribution in [0.15, 0.2) is 0 Å². The third-order valence-corrected chi connectivity index (χ3v) is 1.89. The fourth-order valence-corrected chi connectivity index (χ4v) is 1.25. The quantitative estimate of drug-likeness (QED) is 0.322. The van der Waals surface area contributed by atoms with Gasteiger partial charge in [-0.3, -0.25) is 9.59 Å². The van der Waals surface area contributed by atoms with Gasteiger partial charge in [-0.2, -0.15) is 0 Å². The number of carbonyl (C=O) groups excluding carboxylic acids is 1. The average molecular weight is 223 g/mol. The molecular weight excluding hydrogens is 211 g/mol. The predicted molar refractivity (Wildman–Crippen MR) is 44.6 cm³/mol. The fourth-order valence-electron chi connectivity index (χ4n) is 0.781. The van der Waals surface area contributed by atoms with E-state index in [0.29, 0.717) is 6.42 Å². The molecule has 0 aromatic carbocycles. The third-order valence-electron chi connectivity index (χ3n) is 1.31. The number of carbonyl (C=O) groups is 2. The van der Waals surface area contributed by atoms with Gasteiger partial charge in [-0.1, -0.05) is 0 Å². The summed E-state index contributed by atoms with van der Waals surface area (Å²) >= 11 is -5.03. The zero-order valence-corrected chi connectivity index (χ0v) is 8.57. The lowest BCUT2D eigenvalue weighted by atomic mass is 10.2. The molecule has 0 fully saturated rings. The van der Waals surface area contributed by atoms with E-state index in [9.17, 15) is 9.59 Å². The lowest BCUT2D eigenvalue weighted by Crippen LogP contribution is -2.41. The fraction of sp³-hybridized carbons (Fsp3) is 0.667. The zero-order chi connectivity index (χ0) is 11.2. The van der Waals surface area contributed by atoms with Gasteiger partial charge in [-0.25, -0.2) is 0 Å². The molecule has 8 heteroatoms. The second-order valence-corrected chi connectivity index (χ2v) is 4.31. The molecule has 0 spiro atoms. The number of hydrogen-bond donors (Lipinski definition) is 4. The summed E-state index contributed by atoms with van der Waals surface area (Å²) in [5, 5.41) is 8.24. The molecule has 0 aliphatic rings. The predicted octanol–water partition coefficient (Wildman–Crippen LogP) is -1.41. The van der Waals surface area contributed by atoms with E-state index in [-0.39, 0.29) is 19.3 Å². The van der Waals surface area contributed by atoms with Crippen LogP contribution in [0.3, 0.4) is 0 Å². The summed E-state index contributed by atoms with van der Waals surface area (Å²) < 4.78 is 29.0. The minimum Gasteiger partial charge on any atom is -0.705 e. The van der Waals surface area contributed by atoms with Crippen molar-refractivity contribution in [2.45, 2.75) is 25.7 Å². The molecule has 0 bridgehead atoms. The Morgan fingerprint density at radius 3 is 2.00 bits per heavy atom. The Morgan fingerprint density at radius 2 is 1.57 bits per heavy atom. The van der Waals surface area contributed by atoms with Crippen molar-refractivity contribution in [1.29, 1.82) is 0 Å². The van der Waals surface area contributed by atoms with Crippen LogP contribution in [0.5, 0.6) is 0 Å². The smallest absolute Gasteiger partial charge is 0.705 e. The van der Waals surface area contributed by atoms with Gasteiger partial charge < -0.3 is 21.4 Å². The van der Waals surface area contributed by atoms with Crippen LogP contribution in [0.4, 0.5) is 0 Å². The molecule has 0 rings (SSSR count). The highest BCUT2D eigenvalue weighted by atomic mass is 27.3. The summed E-state index contributed by atoms with van der Waals surface area (Å²) in [5.41, 5.74) is 0. The summed E-state index contributed by atoms with van der Waals surface area (Å²) in [6.07, 6.45) is 0.358. The highest BCUT2D eigenvalue weighted by molar-refractivity contribution is 6.50. The normalized spacial score (nSPS) is 11.1. The maximum absolute atomic E-state index is 10.7. The maximum Gasteiger partial charge on any atom is 0.953 e. The highest BCUT2D eigenvalue weighted by Gasteiger charge is 2.39. The van der Waals surface area contributed by atoms with Crippen molar-refractivity contribution in [3.63, 3.8) is 0 Å². The van der Waals surface area contributed by atoms with Crippen LogP contribution >= 0.6 is 0 Å². The SMILES string of the molecule is O=C(O)CCCCC(=O)[O][Al-]([OH])([OH])[OH]. The molecule has 0 saturated carbocycles. The Morgan fingerprint density at radius 1 is 1.07 bits per heavy atom. The van der Waals surface area contributed by atoms with E-state index >= 15 is 0 Å². The molecule has 0 heterocycles. The van der Waals surface area contributed by atoms with Gasteiger partial charge in [0, 0.05) is 12.8 Å². The summed E-state index contributed by atoms with van der Waals surface area (Å²) in [7, 11) is 0. The van der Waals surface area contributed by atoms with Crippen molar-refractivity contribution >= 4 is 26.4 Å². The van der Waals surface area contributed by atoms with Crippen LogP contribution in [-0.4, -0.2) is 43.9 Å². The molecule has 0 atom stereocenters. The van der Waals surface area contributed by atoms with Gasteiger partial charge in [-0.05, 0) is 12.8 Å². The van der Waals surface area contributed by atoms with Crippen molar-refractivity contribution in [2.24, 2.45) is 0 Å². The summed E-state index contributed by atoms with van der Waals surface area (Å²) in [4.78, 5) is 20.7. The van der Waals surface area contributed by atoms with Gasteiger partial charge in [0.15, 0.2) is 0 Å². The Kier molecular flexibility index (Phi) is 5.68. The Bertz CT molecular complexity index is 209. The van der Waals surface area contributed by atoms with Crippen LogP contribution in [-0.2, 0) is 13.4 Å². The Balaban J connectivity index is 3.50. The standard InChI is InChI=1S/C6H10O4.Al.3H2O/c7-5(8)3-1-2-4-6(9)10;;;;/h1-4H2,(H,7,8)(H,9,10);;3*1H2/q;+3;;;/p-4. The van der Waals surface area contributed by atoms with E-state index in [1.165, 1.54) is 0 Å². The molecule has 7 nitrogen and oxygen atoms in total. The first-order chi connectivity index (χ1) is 6.31. The summed E-state index contributed by atoms with van der Waals surface area (Å²) in [6, 6.07) is 0. The molecule has 0 aromatic heterocycles. The first-order valence-corrected chi connectivity index (χ1v) is 6.07. The van der Waals surface area contributed by atoms with Gasteiger partial charge in [0.2, 0.25) is 5.97 Å². The lowest BCUT2D eigenvalue weighted by molar-refractivity contribution is -0.142. The number of aliphatic carboxylic acids is 1. The minimum absolute atomic E-state index is 0.0600. The molecule has 0 radical (unpaired) electrons. The number of rotatable bonds is 6. The van der Waals surface area contributed by atoms with Crippen LogP contribution < -0.4 is 0 Å². The second kappa shape index (κ2) is 5.95. The Hall–Kier alpha value is -0.648. The monoisotopic (exact) mass is 223 g/mol. The highest BCUT2D eigenvalue weighted by Crippen LogP contribution is 2.03. The molecule has 0 saturated heterocycles. The van der Waals surface area contributed by atoms with Crippen LogP contribution in [0.1, 0.15) is 25.7 Å². The third kappa shape index (κ3) is 9.44. The lowest BCUT2D eigenvalue weighted by Gasteiger charge is -2.17. The molecule has 0 aliphatic heterocycles. The largest absolute Gasteiger partial charge is 0.953 e. The van der Waals surface area contributed by atoms with E-state index in [0.717, 1.165) is 0 Å². The molecule has 82 valence electrons. The van der Waals surface area contributed by atoms with Crippen LogP contribution in [0.25, 0.3) is 0 Å². The summed E-state index contributed by atoms with van der Waals surface area (Å²) in [5.74, 6) is -1.90. The van der Waals surface area contributed by atoms with E-state index in [1.807, 2.05) is 0 Å². The summed E-state index contributed by atoms with van der Waals surface area (Å²) in [6.45, 7) is 0. The van der Waals surface area contributed by atoms with E-state index in [1.54, 1.807) is 0 Å². The van der Waals surface area contributed by atoms with Crippen molar-refractivity contribution < 1.29 is 31.0 Å². The van der Waals surface area contributed by atoms with Gasteiger partial charge in [0.1, 0.15) is 0 Å². The van der Waals surface area contributed by atoms with E-state index in [2.05, 4.69) is 3.79 Å². The van der Waals surface area contributed by atoms with Crippen molar-refractivity contribution in [3.8, 4) is 0 Å². The molecule has 0 aromatic rings. The van der Waals surface area contributed by atoms with E-state index in [4.69, 9.17) is 17.6 Å². The average Bonchev–Trinajstić information content (AvgIpc) is 1.94. The molecule has 0 aliphatic carbocycles. The molecule has 14 heavy (non-hydrogen) atoms. The molecular formula is C6H12AlO7-. The first kappa shape index (κ1) is 13.4.